The van der Waals surface area contributed by atoms with Gasteiger partial charge in [-0.25, -0.2) is 0 Å². The molecule has 0 heterocycles. The van der Waals surface area contributed by atoms with E-state index in [9.17, 15) is 9.59 Å². The van der Waals surface area contributed by atoms with Crippen molar-refractivity contribution in [3.63, 3.8) is 0 Å². The summed E-state index contributed by atoms with van der Waals surface area (Å²) in [5, 5.41) is 8.46. The number of ketones is 2. The molecule has 1 N–H and O–H groups in total. The predicted octanol–water partition coefficient (Wildman–Crippen LogP) is 0.482. The summed E-state index contributed by atoms with van der Waals surface area (Å²) in [6.45, 7) is 1.27. The van der Waals surface area contributed by atoms with E-state index < -0.39 is 12.6 Å². The van der Waals surface area contributed by atoms with Crippen LogP contribution in [0.4, 0.5) is 0 Å². The molecule has 0 unspecified atom stereocenters. The Hall–Kier alpha value is -1.92. The predicted molar refractivity (Wildman–Crippen MR) is 65.9 cm³/mol. The highest BCUT2D eigenvalue weighted by Crippen LogP contribution is 2.26. The lowest BCUT2D eigenvalue weighted by atomic mass is 9.93. The molecule has 0 atom stereocenters. The first-order valence-corrected chi connectivity index (χ1v) is 5.56. The van der Waals surface area contributed by atoms with E-state index >= 15 is 0 Å². The monoisotopic (exact) mass is 268 g/mol. The molecule has 0 radical (unpaired) electrons. The minimum atomic E-state index is -0.420. The van der Waals surface area contributed by atoms with Gasteiger partial charge in [0.15, 0.2) is 0 Å². The second kappa shape index (κ2) is 6.86. The first kappa shape index (κ1) is 15.1. The number of carbonyl (C=O) groups is 2. The third-order valence-electron chi connectivity index (χ3n) is 2.61. The summed E-state index contributed by atoms with van der Waals surface area (Å²) >= 11 is 0. The Bertz CT molecular complexity index is 470. The topological polar surface area (TPSA) is 82.1 Å². The number of rotatable bonds is 6. The van der Waals surface area contributed by atoms with Crippen LogP contribution in [0, 0.1) is 0 Å². The van der Waals surface area contributed by atoms with E-state index in [0.717, 1.165) is 0 Å². The zero-order valence-electron chi connectivity index (χ0n) is 11.1. The fourth-order valence-corrected chi connectivity index (χ4v) is 1.65. The van der Waals surface area contributed by atoms with Gasteiger partial charge in [-0.3, -0.25) is 9.59 Å². The van der Waals surface area contributed by atoms with Gasteiger partial charge >= 0.3 is 0 Å². The van der Waals surface area contributed by atoms with Crippen LogP contribution in [0.5, 0.6) is 0 Å². The van der Waals surface area contributed by atoms with E-state index in [1.807, 2.05) is 0 Å². The van der Waals surface area contributed by atoms with Gasteiger partial charge in [-0.2, -0.15) is 0 Å². The van der Waals surface area contributed by atoms with E-state index in [1.54, 1.807) is 0 Å². The standard InChI is InChI=1S/C13H16O6/c1-8-9(5-4-6-19-7-14)11(16)13(18-3)12(17-2)10(8)15/h4-5,14H,6-7H2,1-3H3/b5-4+. The molecule has 0 fully saturated rings. The molecule has 6 nitrogen and oxygen atoms in total. The highest BCUT2D eigenvalue weighted by atomic mass is 16.6. The van der Waals surface area contributed by atoms with Crippen molar-refractivity contribution in [1.82, 2.24) is 0 Å². The molecule has 0 aliphatic heterocycles. The Morgan fingerprint density at radius 1 is 1.11 bits per heavy atom. The summed E-state index contributed by atoms with van der Waals surface area (Å²) in [6.07, 6.45) is 3.00. The molecule has 1 aliphatic rings. The van der Waals surface area contributed by atoms with Crippen LogP contribution in [-0.4, -0.2) is 44.3 Å². The number of aliphatic hydroxyl groups is 1. The van der Waals surface area contributed by atoms with Crippen molar-refractivity contribution in [3.05, 3.63) is 34.8 Å². The van der Waals surface area contributed by atoms with Crippen LogP contribution in [-0.2, 0) is 23.8 Å². The van der Waals surface area contributed by atoms with Gasteiger partial charge < -0.3 is 19.3 Å². The average Bonchev–Trinajstić information content (AvgIpc) is 2.41. The molecule has 1 rings (SSSR count). The molecule has 0 saturated carbocycles. The zero-order valence-corrected chi connectivity index (χ0v) is 11.1. The van der Waals surface area contributed by atoms with Crippen LogP contribution >= 0.6 is 0 Å². The Labute approximate surface area is 111 Å². The lowest BCUT2D eigenvalue weighted by Crippen LogP contribution is -2.24. The van der Waals surface area contributed by atoms with E-state index in [4.69, 9.17) is 19.3 Å². The number of ether oxygens (including phenoxy) is 3. The molecule has 0 bridgehead atoms. The minimum absolute atomic E-state index is 0.0891. The molecule has 0 spiro atoms. The molecule has 1 aliphatic carbocycles. The minimum Gasteiger partial charge on any atom is -0.489 e. The van der Waals surface area contributed by atoms with Gasteiger partial charge in [0, 0.05) is 11.1 Å². The number of aliphatic hydroxyl groups excluding tert-OH is 1. The molecule has 0 saturated heterocycles. The smallest absolute Gasteiger partial charge is 0.232 e. The number of hydrogen-bond acceptors (Lipinski definition) is 6. The van der Waals surface area contributed by atoms with Crippen molar-refractivity contribution in [2.75, 3.05) is 27.6 Å². The van der Waals surface area contributed by atoms with Crippen LogP contribution in [0.3, 0.4) is 0 Å². The number of allylic oxidation sites excluding steroid dienone is 3. The van der Waals surface area contributed by atoms with E-state index in [2.05, 4.69) is 0 Å². The van der Waals surface area contributed by atoms with Crippen molar-refractivity contribution in [2.24, 2.45) is 0 Å². The Kier molecular flexibility index (Phi) is 5.47. The second-order valence-electron chi connectivity index (χ2n) is 3.67. The van der Waals surface area contributed by atoms with Gasteiger partial charge in [0.25, 0.3) is 0 Å². The van der Waals surface area contributed by atoms with E-state index in [1.165, 1.54) is 33.3 Å². The second-order valence-corrected chi connectivity index (χ2v) is 3.67. The van der Waals surface area contributed by atoms with Gasteiger partial charge in [0.1, 0.15) is 6.79 Å². The summed E-state index contributed by atoms with van der Waals surface area (Å²) in [5.74, 6) is -1.01. The first-order valence-electron chi connectivity index (χ1n) is 5.56. The van der Waals surface area contributed by atoms with Crippen molar-refractivity contribution < 1.29 is 28.9 Å². The molecular formula is C13H16O6. The maximum atomic E-state index is 12.1. The van der Waals surface area contributed by atoms with Crippen LogP contribution in [0.15, 0.2) is 34.8 Å². The number of hydrogen-bond donors (Lipinski definition) is 1. The average molecular weight is 268 g/mol. The summed E-state index contributed by atoms with van der Waals surface area (Å²) in [7, 11) is 2.61. The van der Waals surface area contributed by atoms with E-state index in [0.29, 0.717) is 0 Å². The van der Waals surface area contributed by atoms with E-state index in [-0.39, 0.29) is 35.1 Å². The van der Waals surface area contributed by atoms with Crippen LogP contribution in [0.2, 0.25) is 0 Å². The van der Waals surface area contributed by atoms with Crippen molar-refractivity contribution >= 4 is 11.6 Å². The lowest BCUT2D eigenvalue weighted by molar-refractivity contribution is -0.120. The third kappa shape index (κ3) is 3.10. The fraction of sp³-hybridized carbons (Fsp3) is 0.385. The van der Waals surface area contributed by atoms with Gasteiger partial charge in [-0.05, 0) is 6.92 Å². The van der Waals surface area contributed by atoms with Crippen LogP contribution in [0.25, 0.3) is 0 Å². The Morgan fingerprint density at radius 3 is 2.21 bits per heavy atom. The zero-order chi connectivity index (χ0) is 14.4. The third-order valence-corrected chi connectivity index (χ3v) is 2.61. The fourth-order valence-electron chi connectivity index (χ4n) is 1.65. The molecule has 19 heavy (non-hydrogen) atoms. The molecule has 0 aromatic rings. The summed E-state index contributed by atoms with van der Waals surface area (Å²) < 4.78 is 14.5. The molecular weight excluding hydrogens is 252 g/mol. The maximum absolute atomic E-state index is 12.1. The Morgan fingerprint density at radius 2 is 1.68 bits per heavy atom. The quantitative estimate of drug-likeness (QED) is 0.428. The molecule has 104 valence electrons. The number of Topliss-reactive ketones (excluding diaryl/α,β-unsaturated/α-hetero) is 2. The highest BCUT2D eigenvalue weighted by molar-refractivity contribution is 6.24. The SMILES string of the molecule is COC1=C(OC)C(=O)C(/C=C/COCO)=C(C)C1=O. The largest absolute Gasteiger partial charge is 0.489 e. The first-order chi connectivity index (χ1) is 9.08. The molecule has 0 aromatic heterocycles. The molecule has 0 amide bonds. The lowest BCUT2D eigenvalue weighted by Gasteiger charge is -2.18. The summed E-state index contributed by atoms with van der Waals surface area (Å²) in [4.78, 5) is 24.1. The van der Waals surface area contributed by atoms with Gasteiger partial charge in [-0.15, -0.1) is 0 Å². The van der Waals surface area contributed by atoms with Crippen molar-refractivity contribution in [1.29, 1.82) is 0 Å². The normalized spacial score (nSPS) is 16.6. The molecule has 6 heteroatoms. The highest BCUT2D eigenvalue weighted by Gasteiger charge is 2.33. The number of methoxy groups -OCH3 is 2. The van der Waals surface area contributed by atoms with Gasteiger partial charge in [0.2, 0.25) is 23.1 Å². The summed E-state index contributed by atoms with van der Waals surface area (Å²) in [5.41, 5.74) is 0.507. The van der Waals surface area contributed by atoms with Crippen LogP contribution in [0.1, 0.15) is 6.92 Å². The van der Waals surface area contributed by atoms with Crippen molar-refractivity contribution in [3.8, 4) is 0 Å². The van der Waals surface area contributed by atoms with Crippen molar-refractivity contribution in [2.45, 2.75) is 6.92 Å². The van der Waals surface area contributed by atoms with Gasteiger partial charge in [-0.1, -0.05) is 12.2 Å². The Balaban J connectivity index is 3.06. The van der Waals surface area contributed by atoms with Crippen LogP contribution < -0.4 is 0 Å². The maximum Gasteiger partial charge on any atom is 0.232 e. The molecule has 0 aromatic carbocycles. The number of carbonyl (C=O) groups excluding carboxylic acids is 2. The van der Waals surface area contributed by atoms with Gasteiger partial charge in [0.05, 0.1) is 20.8 Å². The summed E-state index contributed by atoms with van der Waals surface area (Å²) in [6, 6.07) is 0.